The van der Waals surface area contributed by atoms with E-state index < -0.39 is 0 Å². The van der Waals surface area contributed by atoms with E-state index >= 15 is 0 Å². The second-order valence-corrected chi connectivity index (χ2v) is 6.02. The number of rotatable bonds is 1. The first-order chi connectivity index (χ1) is 8.39. The Morgan fingerprint density at radius 1 is 1.22 bits per heavy atom. The number of nitrogens with zero attached hydrogens (tertiary/aromatic N) is 4. The van der Waals surface area contributed by atoms with Gasteiger partial charge in [-0.3, -0.25) is 0 Å². The van der Waals surface area contributed by atoms with E-state index in [0.717, 1.165) is 9.26 Å². The monoisotopic (exact) mass is 355 g/mol. The molecule has 0 fully saturated rings. The molecule has 6 heteroatoms. The van der Waals surface area contributed by atoms with E-state index in [-0.39, 0.29) is 5.41 Å². The summed E-state index contributed by atoms with van der Waals surface area (Å²) in [4.78, 5) is 16.9. The van der Waals surface area contributed by atoms with Gasteiger partial charge in [0, 0.05) is 11.6 Å². The fraction of sp³-hybridized carbons (Fsp3) is 0.333. The fourth-order valence-corrected chi connectivity index (χ4v) is 2.55. The van der Waals surface area contributed by atoms with Gasteiger partial charge in [-0.1, -0.05) is 20.8 Å². The first-order valence-corrected chi connectivity index (χ1v) is 6.57. The van der Waals surface area contributed by atoms with Crippen LogP contribution in [0.5, 0.6) is 0 Å². The van der Waals surface area contributed by atoms with Gasteiger partial charge in [0.2, 0.25) is 0 Å². The summed E-state index contributed by atoms with van der Waals surface area (Å²) in [6.07, 6.45) is 3.14. The van der Waals surface area contributed by atoms with Crippen LogP contribution in [0.15, 0.2) is 18.6 Å². The van der Waals surface area contributed by atoms with Crippen molar-refractivity contribution in [3.8, 4) is 11.5 Å². The molecule has 5 nitrogen and oxygen atoms in total. The summed E-state index contributed by atoms with van der Waals surface area (Å²) in [5, 5.41) is 0. The summed E-state index contributed by atoms with van der Waals surface area (Å²) in [5.74, 6) is 1.03. The number of nitrogen functional groups attached to an aromatic ring is 1. The molecule has 0 bridgehead atoms. The van der Waals surface area contributed by atoms with Gasteiger partial charge in [0.15, 0.2) is 5.82 Å². The van der Waals surface area contributed by atoms with Crippen molar-refractivity contribution in [2.45, 2.75) is 26.2 Å². The van der Waals surface area contributed by atoms with Crippen LogP contribution in [0.1, 0.15) is 26.5 Å². The average molecular weight is 355 g/mol. The summed E-state index contributed by atoms with van der Waals surface area (Å²) in [6, 6.07) is 1.77. The highest BCUT2D eigenvalue weighted by atomic mass is 127. The van der Waals surface area contributed by atoms with E-state index in [1.54, 1.807) is 12.3 Å². The van der Waals surface area contributed by atoms with Crippen molar-refractivity contribution in [2.24, 2.45) is 0 Å². The number of hydrogen-bond acceptors (Lipinski definition) is 5. The van der Waals surface area contributed by atoms with Gasteiger partial charge in [-0.25, -0.2) is 19.9 Å². The maximum absolute atomic E-state index is 5.95. The summed E-state index contributed by atoms with van der Waals surface area (Å²) in [7, 11) is 0. The van der Waals surface area contributed by atoms with Crippen LogP contribution in [0.3, 0.4) is 0 Å². The van der Waals surface area contributed by atoms with Crippen LogP contribution in [0.4, 0.5) is 5.82 Å². The number of nitrogens with two attached hydrogens (primary N) is 1. The molecule has 2 aromatic heterocycles. The smallest absolute Gasteiger partial charge is 0.180 e. The normalized spacial score (nSPS) is 11.6. The van der Waals surface area contributed by atoms with Crippen molar-refractivity contribution in [1.29, 1.82) is 0 Å². The Balaban J connectivity index is 2.62. The topological polar surface area (TPSA) is 77.6 Å². The Morgan fingerprint density at radius 2 is 1.94 bits per heavy atom. The molecule has 0 saturated heterocycles. The molecule has 94 valence electrons. The quantitative estimate of drug-likeness (QED) is 0.795. The average Bonchev–Trinajstić information content (AvgIpc) is 2.32. The molecule has 0 saturated carbocycles. The first-order valence-electron chi connectivity index (χ1n) is 5.49. The van der Waals surface area contributed by atoms with Crippen LogP contribution in [-0.4, -0.2) is 19.9 Å². The molecule has 2 N–H and O–H groups in total. The van der Waals surface area contributed by atoms with Gasteiger partial charge in [0.05, 0.1) is 9.26 Å². The van der Waals surface area contributed by atoms with E-state index in [2.05, 4.69) is 63.3 Å². The van der Waals surface area contributed by atoms with E-state index in [9.17, 15) is 0 Å². The molecule has 0 aliphatic carbocycles. The minimum Gasteiger partial charge on any atom is -0.383 e. The molecular formula is C12H14IN5. The highest BCUT2D eigenvalue weighted by Gasteiger charge is 2.22. The van der Waals surface area contributed by atoms with Gasteiger partial charge in [0.25, 0.3) is 0 Å². The predicted molar refractivity (Wildman–Crippen MR) is 78.9 cm³/mol. The Labute approximate surface area is 119 Å². The second kappa shape index (κ2) is 4.75. The molecule has 0 unspecified atom stereocenters. The molecule has 0 radical (unpaired) electrons. The maximum Gasteiger partial charge on any atom is 0.180 e. The number of aromatic nitrogens is 4. The van der Waals surface area contributed by atoms with E-state index in [4.69, 9.17) is 5.73 Å². The Kier molecular flexibility index (Phi) is 3.47. The van der Waals surface area contributed by atoms with E-state index in [1.807, 2.05) is 0 Å². The highest BCUT2D eigenvalue weighted by molar-refractivity contribution is 14.1. The zero-order valence-electron chi connectivity index (χ0n) is 10.5. The zero-order chi connectivity index (χ0) is 13.3. The lowest BCUT2D eigenvalue weighted by Gasteiger charge is -2.20. The Morgan fingerprint density at radius 3 is 2.50 bits per heavy atom. The lowest BCUT2D eigenvalue weighted by atomic mass is 9.92. The molecule has 2 heterocycles. The van der Waals surface area contributed by atoms with Crippen molar-refractivity contribution < 1.29 is 0 Å². The third kappa shape index (κ3) is 2.58. The second-order valence-electron chi connectivity index (χ2n) is 4.94. The predicted octanol–water partition coefficient (Wildman–Crippen LogP) is 2.42. The van der Waals surface area contributed by atoms with Gasteiger partial charge < -0.3 is 5.73 Å². The van der Waals surface area contributed by atoms with Crippen molar-refractivity contribution in [2.75, 3.05) is 5.73 Å². The zero-order valence-corrected chi connectivity index (χ0v) is 12.6. The van der Waals surface area contributed by atoms with Gasteiger partial charge >= 0.3 is 0 Å². The third-order valence-corrected chi connectivity index (χ3v) is 3.46. The van der Waals surface area contributed by atoms with Gasteiger partial charge in [0.1, 0.15) is 17.8 Å². The molecule has 0 aromatic carbocycles. The van der Waals surface area contributed by atoms with Crippen LogP contribution in [-0.2, 0) is 5.41 Å². The summed E-state index contributed by atoms with van der Waals surface area (Å²) < 4.78 is 0.901. The van der Waals surface area contributed by atoms with Crippen molar-refractivity contribution >= 4 is 28.4 Å². The van der Waals surface area contributed by atoms with Crippen molar-refractivity contribution in [3.63, 3.8) is 0 Å². The van der Waals surface area contributed by atoms with E-state index in [0.29, 0.717) is 17.3 Å². The lowest BCUT2D eigenvalue weighted by molar-refractivity contribution is 0.564. The SMILES string of the molecule is CC(C)(C)c1nc(-c2ccncn2)nc(N)c1I. The Bertz CT molecular complexity index is 563. The van der Waals surface area contributed by atoms with Gasteiger partial charge in [-0.15, -0.1) is 0 Å². The summed E-state index contributed by atoms with van der Waals surface area (Å²) in [6.45, 7) is 6.29. The lowest BCUT2D eigenvalue weighted by Crippen LogP contribution is -2.18. The number of halogens is 1. The minimum atomic E-state index is -0.0879. The van der Waals surface area contributed by atoms with Crippen LogP contribution < -0.4 is 5.73 Å². The fourth-order valence-electron chi connectivity index (χ4n) is 1.50. The highest BCUT2D eigenvalue weighted by Crippen LogP contribution is 2.29. The summed E-state index contributed by atoms with van der Waals surface area (Å²) in [5.41, 5.74) is 7.48. The molecule has 0 atom stereocenters. The molecular weight excluding hydrogens is 341 g/mol. The summed E-state index contributed by atoms with van der Waals surface area (Å²) >= 11 is 2.18. The van der Waals surface area contributed by atoms with Crippen LogP contribution >= 0.6 is 22.6 Å². The van der Waals surface area contributed by atoms with E-state index in [1.165, 1.54) is 6.33 Å². The Hall–Kier alpha value is -1.31. The van der Waals surface area contributed by atoms with Crippen LogP contribution in [0, 0.1) is 3.57 Å². The molecule has 2 aromatic rings. The first kappa shape index (κ1) is 13.1. The molecule has 0 aliphatic heterocycles. The van der Waals surface area contributed by atoms with Gasteiger partial charge in [-0.05, 0) is 28.7 Å². The minimum absolute atomic E-state index is 0.0879. The van der Waals surface area contributed by atoms with Gasteiger partial charge in [-0.2, -0.15) is 0 Å². The van der Waals surface area contributed by atoms with Crippen LogP contribution in [0.2, 0.25) is 0 Å². The molecule has 0 aliphatic rings. The molecule has 2 rings (SSSR count). The largest absolute Gasteiger partial charge is 0.383 e. The van der Waals surface area contributed by atoms with Crippen molar-refractivity contribution in [1.82, 2.24) is 19.9 Å². The van der Waals surface area contributed by atoms with Crippen molar-refractivity contribution in [3.05, 3.63) is 27.9 Å². The standard InChI is InChI=1S/C12H14IN5/c1-12(2,3)9-8(13)10(14)18-11(17-9)7-4-5-15-6-16-7/h4-6H,1-3H3,(H2,14,17,18). The molecule has 0 spiro atoms. The maximum atomic E-state index is 5.95. The number of anilines is 1. The molecule has 0 amide bonds. The number of hydrogen-bond donors (Lipinski definition) is 1. The molecule has 18 heavy (non-hydrogen) atoms. The van der Waals surface area contributed by atoms with Crippen LogP contribution in [0.25, 0.3) is 11.5 Å². The third-order valence-electron chi connectivity index (χ3n) is 2.40.